The van der Waals surface area contributed by atoms with Crippen molar-refractivity contribution >= 4 is 29.1 Å². The Morgan fingerprint density at radius 2 is 1.58 bits per heavy atom. The number of nitrogens with one attached hydrogen (secondary N) is 1. The predicted molar refractivity (Wildman–Crippen MR) is 121 cm³/mol. The molecular formula is C25H23N3O3. The normalized spacial score (nSPS) is 13.0. The molecule has 0 fully saturated rings. The molecule has 4 rings (SSSR count). The van der Waals surface area contributed by atoms with Crippen molar-refractivity contribution in [1.29, 1.82) is 0 Å². The van der Waals surface area contributed by atoms with Crippen molar-refractivity contribution in [3.63, 3.8) is 0 Å². The number of hydrogen-bond donors (Lipinski definition) is 1. The number of para-hydroxylation sites is 2. The van der Waals surface area contributed by atoms with Crippen molar-refractivity contribution < 1.29 is 14.4 Å². The molecule has 6 nitrogen and oxygen atoms in total. The number of amides is 3. The minimum absolute atomic E-state index is 0.238. The summed E-state index contributed by atoms with van der Waals surface area (Å²) in [7, 11) is 3.92. The van der Waals surface area contributed by atoms with Gasteiger partial charge >= 0.3 is 0 Å². The Morgan fingerprint density at radius 3 is 2.32 bits per heavy atom. The zero-order valence-corrected chi connectivity index (χ0v) is 17.7. The molecule has 0 radical (unpaired) electrons. The van der Waals surface area contributed by atoms with Crippen LogP contribution in [0, 0.1) is 6.92 Å². The number of benzene rings is 3. The molecule has 0 aromatic heterocycles. The predicted octanol–water partition coefficient (Wildman–Crippen LogP) is 4.11. The van der Waals surface area contributed by atoms with Gasteiger partial charge in [0.25, 0.3) is 17.7 Å². The molecule has 3 aromatic rings. The molecule has 0 bridgehead atoms. The zero-order chi connectivity index (χ0) is 22.1. The van der Waals surface area contributed by atoms with E-state index in [0.29, 0.717) is 29.0 Å². The number of anilines is 2. The first-order chi connectivity index (χ1) is 14.9. The van der Waals surface area contributed by atoms with Crippen LogP contribution < -0.4 is 10.2 Å². The molecule has 1 N–H and O–H groups in total. The minimum atomic E-state index is -0.419. The lowest BCUT2D eigenvalue weighted by atomic mass is 10.0. The SMILES string of the molecule is Cc1ccccc1N1C(=O)c2ccc(C(=O)Nc3ccccc3CN(C)C)cc2C1=O. The van der Waals surface area contributed by atoms with E-state index in [-0.39, 0.29) is 17.4 Å². The van der Waals surface area contributed by atoms with Gasteiger partial charge in [0, 0.05) is 17.8 Å². The smallest absolute Gasteiger partial charge is 0.266 e. The van der Waals surface area contributed by atoms with Crippen LogP contribution in [-0.4, -0.2) is 36.7 Å². The number of fused-ring (bicyclic) bond motifs is 1. The summed E-state index contributed by atoms with van der Waals surface area (Å²) in [5, 5.41) is 2.93. The van der Waals surface area contributed by atoms with Crippen LogP contribution in [0.3, 0.4) is 0 Å². The maximum Gasteiger partial charge on any atom is 0.266 e. The van der Waals surface area contributed by atoms with Gasteiger partial charge in [0.15, 0.2) is 0 Å². The monoisotopic (exact) mass is 413 g/mol. The van der Waals surface area contributed by atoms with Gasteiger partial charge in [0.05, 0.1) is 16.8 Å². The average Bonchev–Trinajstić information content (AvgIpc) is 2.99. The molecular weight excluding hydrogens is 390 g/mol. The quantitative estimate of drug-likeness (QED) is 0.639. The van der Waals surface area contributed by atoms with Crippen LogP contribution in [0.15, 0.2) is 66.7 Å². The van der Waals surface area contributed by atoms with Crippen molar-refractivity contribution in [2.45, 2.75) is 13.5 Å². The topological polar surface area (TPSA) is 69.7 Å². The second-order valence-electron chi connectivity index (χ2n) is 7.84. The fourth-order valence-corrected chi connectivity index (χ4v) is 3.73. The van der Waals surface area contributed by atoms with Crippen molar-refractivity contribution in [2.24, 2.45) is 0 Å². The molecule has 0 saturated heterocycles. The van der Waals surface area contributed by atoms with Gasteiger partial charge in [-0.2, -0.15) is 0 Å². The highest BCUT2D eigenvalue weighted by molar-refractivity contribution is 6.35. The van der Waals surface area contributed by atoms with Crippen LogP contribution in [0.25, 0.3) is 0 Å². The highest BCUT2D eigenvalue weighted by Crippen LogP contribution is 2.31. The van der Waals surface area contributed by atoms with Gasteiger partial charge < -0.3 is 10.2 Å². The fraction of sp³-hybridized carbons (Fsp3) is 0.160. The summed E-state index contributed by atoms with van der Waals surface area (Å²) in [5.41, 5.74) is 3.95. The van der Waals surface area contributed by atoms with Crippen LogP contribution in [0.4, 0.5) is 11.4 Å². The van der Waals surface area contributed by atoms with Gasteiger partial charge in [-0.15, -0.1) is 0 Å². The Bertz CT molecular complexity index is 1200. The Hall–Kier alpha value is -3.77. The van der Waals surface area contributed by atoms with Crippen molar-refractivity contribution in [3.8, 4) is 0 Å². The third kappa shape index (κ3) is 3.85. The standard InChI is InChI=1S/C25H23N3O3/c1-16-8-4-7-11-22(16)28-24(30)19-13-12-17(14-20(19)25(28)31)23(29)26-21-10-6-5-9-18(21)15-27(2)3/h4-14H,15H2,1-3H3,(H,26,29). The first-order valence-corrected chi connectivity index (χ1v) is 9.99. The number of rotatable bonds is 5. The number of imide groups is 1. The Balaban J connectivity index is 1.62. The first-order valence-electron chi connectivity index (χ1n) is 9.99. The lowest BCUT2D eigenvalue weighted by Crippen LogP contribution is -2.29. The van der Waals surface area contributed by atoms with Crippen LogP contribution >= 0.6 is 0 Å². The molecule has 1 aliphatic heterocycles. The Kier molecular flexibility index (Phi) is 5.40. The van der Waals surface area contributed by atoms with E-state index >= 15 is 0 Å². The number of hydrogen-bond acceptors (Lipinski definition) is 4. The van der Waals surface area contributed by atoms with E-state index < -0.39 is 5.91 Å². The zero-order valence-electron chi connectivity index (χ0n) is 17.7. The third-order valence-electron chi connectivity index (χ3n) is 5.26. The molecule has 0 aliphatic carbocycles. The molecule has 0 unspecified atom stereocenters. The van der Waals surface area contributed by atoms with Gasteiger partial charge in [0.1, 0.15) is 0 Å². The van der Waals surface area contributed by atoms with Crippen molar-refractivity contribution in [2.75, 3.05) is 24.3 Å². The maximum absolute atomic E-state index is 13.0. The fourth-order valence-electron chi connectivity index (χ4n) is 3.73. The maximum atomic E-state index is 13.0. The average molecular weight is 413 g/mol. The Morgan fingerprint density at radius 1 is 0.903 bits per heavy atom. The molecule has 156 valence electrons. The van der Waals surface area contributed by atoms with Crippen molar-refractivity contribution in [1.82, 2.24) is 4.90 Å². The number of aryl methyl sites for hydroxylation is 1. The molecule has 3 amide bonds. The van der Waals surface area contributed by atoms with E-state index in [9.17, 15) is 14.4 Å². The van der Waals surface area contributed by atoms with Gasteiger partial charge in [-0.1, -0.05) is 36.4 Å². The summed E-state index contributed by atoms with van der Waals surface area (Å²) >= 11 is 0. The lowest BCUT2D eigenvalue weighted by Gasteiger charge is -2.16. The number of nitrogens with zero attached hydrogens (tertiary/aromatic N) is 2. The largest absolute Gasteiger partial charge is 0.322 e. The number of carbonyl (C=O) groups is 3. The second-order valence-corrected chi connectivity index (χ2v) is 7.84. The molecule has 6 heteroatoms. The summed E-state index contributed by atoms with van der Waals surface area (Å²) in [6.07, 6.45) is 0. The summed E-state index contributed by atoms with van der Waals surface area (Å²) in [4.78, 5) is 42.0. The van der Waals surface area contributed by atoms with E-state index in [1.165, 1.54) is 11.0 Å². The van der Waals surface area contributed by atoms with Gasteiger partial charge in [-0.05, 0) is 62.5 Å². The summed E-state index contributed by atoms with van der Waals surface area (Å²) in [5.74, 6) is -1.13. The molecule has 0 spiro atoms. The highest BCUT2D eigenvalue weighted by atomic mass is 16.2. The summed E-state index contributed by atoms with van der Waals surface area (Å²) < 4.78 is 0. The van der Waals surface area contributed by atoms with E-state index in [1.807, 2.05) is 62.3 Å². The molecule has 31 heavy (non-hydrogen) atoms. The molecule has 0 atom stereocenters. The van der Waals surface area contributed by atoms with Crippen molar-refractivity contribution in [3.05, 3.63) is 94.5 Å². The Labute approximate surface area is 181 Å². The highest BCUT2D eigenvalue weighted by Gasteiger charge is 2.37. The summed E-state index contributed by atoms with van der Waals surface area (Å²) in [6, 6.07) is 19.5. The lowest BCUT2D eigenvalue weighted by molar-refractivity contribution is 0.0925. The van der Waals surface area contributed by atoms with Gasteiger partial charge in [0.2, 0.25) is 0 Å². The molecule has 3 aromatic carbocycles. The molecule has 1 heterocycles. The third-order valence-corrected chi connectivity index (χ3v) is 5.26. The number of carbonyl (C=O) groups excluding carboxylic acids is 3. The summed E-state index contributed by atoms with van der Waals surface area (Å²) in [6.45, 7) is 2.53. The molecule has 0 saturated carbocycles. The van der Waals surface area contributed by atoms with Crippen LogP contribution in [0.1, 0.15) is 42.2 Å². The van der Waals surface area contributed by atoms with Gasteiger partial charge in [-0.25, -0.2) is 4.90 Å². The van der Waals surface area contributed by atoms with Crippen LogP contribution in [0.2, 0.25) is 0 Å². The second kappa shape index (κ2) is 8.16. The first kappa shape index (κ1) is 20.5. The molecule has 1 aliphatic rings. The van der Waals surface area contributed by atoms with E-state index in [1.54, 1.807) is 24.3 Å². The minimum Gasteiger partial charge on any atom is -0.322 e. The van der Waals surface area contributed by atoms with Crippen LogP contribution in [0.5, 0.6) is 0 Å². The van der Waals surface area contributed by atoms with E-state index in [2.05, 4.69) is 5.32 Å². The van der Waals surface area contributed by atoms with Gasteiger partial charge in [-0.3, -0.25) is 14.4 Å². The van der Waals surface area contributed by atoms with E-state index in [0.717, 1.165) is 11.1 Å². The van der Waals surface area contributed by atoms with E-state index in [4.69, 9.17) is 0 Å². The van der Waals surface area contributed by atoms with Crippen LogP contribution in [-0.2, 0) is 6.54 Å².